The second-order valence-corrected chi connectivity index (χ2v) is 4.96. The third-order valence-electron chi connectivity index (χ3n) is 3.30. The van der Waals surface area contributed by atoms with Crippen molar-refractivity contribution in [3.8, 4) is 5.75 Å². The average Bonchev–Trinajstić information content (AvgIpc) is 2.53. The zero-order valence-electron chi connectivity index (χ0n) is 11.5. The summed E-state index contributed by atoms with van der Waals surface area (Å²) in [6, 6.07) is 14.8. The lowest BCUT2D eigenvalue weighted by atomic mass is 10.2. The van der Waals surface area contributed by atoms with Gasteiger partial charge in [0.1, 0.15) is 17.4 Å². The Morgan fingerprint density at radius 3 is 2.48 bits per heavy atom. The molecule has 1 aromatic heterocycles. The summed E-state index contributed by atoms with van der Waals surface area (Å²) < 4.78 is 0. The molecule has 0 aliphatic rings. The molecule has 4 nitrogen and oxygen atoms in total. The average molecular weight is 300 g/mol. The summed E-state index contributed by atoms with van der Waals surface area (Å²) in [6.07, 6.45) is 0. The van der Waals surface area contributed by atoms with E-state index in [0.717, 1.165) is 22.4 Å². The first-order chi connectivity index (χ1) is 10.2. The second-order valence-electron chi connectivity index (χ2n) is 4.69. The van der Waals surface area contributed by atoms with Crippen molar-refractivity contribution < 1.29 is 5.11 Å². The molecule has 0 unspecified atom stereocenters. The van der Waals surface area contributed by atoms with Gasteiger partial charge in [-0.25, -0.2) is 9.97 Å². The standard InChI is InChI=1S/C16H14ClN3O/c1-20(11-6-8-12(21)9-7-11)16-13-4-2-3-5-14(13)18-15(10-17)19-16/h2-9,21H,10H2,1H3. The molecule has 1 heterocycles. The van der Waals surface area contributed by atoms with Crippen molar-refractivity contribution in [3.05, 3.63) is 54.4 Å². The van der Waals surface area contributed by atoms with Crippen molar-refractivity contribution in [2.75, 3.05) is 11.9 Å². The van der Waals surface area contributed by atoms with Gasteiger partial charge in [-0.2, -0.15) is 0 Å². The van der Waals surface area contributed by atoms with E-state index in [4.69, 9.17) is 11.6 Å². The number of para-hydroxylation sites is 1. The van der Waals surface area contributed by atoms with Crippen LogP contribution in [0.5, 0.6) is 5.75 Å². The van der Waals surface area contributed by atoms with Crippen LogP contribution < -0.4 is 4.90 Å². The van der Waals surface area contributed by atoms with Gasteiger partial charge in [-0.3, -0.25) is 0 Å². The number of benzene rings is 2. The van der Waals surface area contributed by atoms with Gasteiger partial charge in [0.05, 0.1) is 11.4 Å². The van der Waals surface area contributed by atoms with Crippen LogP contribution in [0.15, 0.2) is 48.5 Å². The molecule has 5 heteroatoms. The molecule has 21 heavy (non-hydrogen) atoms. The van der Waals surface area contributed by atoms with Crippen LogP contribution >= 0.6 is 11.6 Å². The Kier molecular flexibility index (Phi) is 3.62. The Balaban J connectivity index is 2.16. The summed E-state index contributed by atoms with van der Waals surface area (Å²) in [4.78, 5) is 10.9. The Labute approximate surface area is 127 Å². The zero-order valence-corrected chi connectivity index (χ0v) is 12.2. The molecule has 1 N–H and O–H groups in total. The molecule has 0 aliphatic carbocycles. The van der Waals surface area contributed by atoms with Crippen molar-refractivity contribution in [2.24, 2.45) is 0 Å². The molecule has 3 aromatic rings. The largest absolute Gasteiger partial charge is 0.508 e. The molecule has 0 amide bonds. The lowest BCUT2D eigenvalue weighted by Crippen LogP contribution is -2.13. The molecule has 0 aliphatic heterocycles. The van der Waals surface area contributed by atoms with Crippen molar-refractivity contribution in [1.82, 2.24) is 9.97 Å². The first-order valence-corrected chi connectivity index (χ1v) is 7.07. The number of phenolic OH excluding ortho intramolecular Hbond substituents is 1. The molecule has 0 bridgehead atoms. The number of hydrogen-bond donors (Lipinski definition) is 1. The van der Waals surface area contributed by atoms with Crippen LogP contribution in [0.1, 0.15) is 5.82 Å². The number of anilines is 2. The Morgan fingerprint density at radius 1 is 1.05 bits per heavy atom. The minimum atomic E-state index is 0.237. The van der Waals surface area contributed by atoms with Crippen LogP contribution in [0.4, 0.5) is 11.5 Å². The van der Waals surface area contributed by atoms with E-state index in [9.17, 15) is 5.11 Å². The molecule has 2 aromatic carbocycles. The minimum Gasteiger partial charge on any atom is -0.508 e. The fourth-order valence-corrected chi connectivity index (χ4v) is 2.34. The molecular formula is C16H14ClN3O. The highest BCUT2D eigenvalue weighted by molar-refractivity contribution is 6.16. The van der Waals surface area contributed by atoms with E-state index < -0.39 is 0 Å². The number of alkyl halides is 1. The molecule has 0 atom stereocenters. The fourth-order valence-electron chi connectivity index (χ4n) is 2.22. The van der Waals surface area contributed by atoms with Crippen LogP contribution in [0.25, 0.3) is 10.9 Å². The van der Waals surface area contributed by atoms with Gasteiger partial charge in [0, 0.05) is 18.1 Å². The van der Waals surface area contributed by atoms with Crippen LogP contribution in [-0.2, 0) is 5.88 Å². The normalized spacial score (nSPS) is 10.8. The van der Waals surface area contributed by atoms with E-state index in [-0.39, 0.29) is 11.6 Å². The van der Waals surface area contributed by atoms with Gasteiger partial charge in [0.15, 0.2) is 0 Å². The number of nitrogens with zero attached hydrogens (tertiary/aromatic N) is 3. The minimum absolute atomic E-state index is 0.237. The summed E-state index contributed by atoms with van der Waals surface area (Å²) in [6.45, 7) is 0. The maximum atomic E-state index is 9.40. The van der Waals surface area contributed by atoms with Crippen LogP contribution in [-0.4, -0.2) is 22.1 Å². The van der Waals surface area contributed by atoms with Crippen LogP contribution in [0.3, 0.4) is 0 Å². The Hall–Kier alpha value is -2.33. The zero-order chi connectivity index (χ0) is 14.8. The monoisotopic (exact) mass is 299 g/mol. The smallest absolute Gasteiger partial charge is 0.146 e. The molecule has 106 valence electrons. The lowest BCUT2D eigenvalue weighted by Gasteiger charge is -2.20. The molecular weight excluding hydrogens is 286 g/mol. The summed E-state index contributed by atoms with van der Waals surface area (Å²) in [5.74, 6) is 1.89. The van der Waals surface area contributed by atoms with Gasteiger partial charge in [-0.1, -0.05) is 12.1 Å². The van der Waals surface area contributed by atoms with E-state index in [2.05, 4.69) is 9.97 Å². The van der Waals surface area contributed by atoms with E-state index in [1.165, 1.54) is 0 Å². The maximum Gasteiger partial charge on any atom is 0.146 e. The number of hydrogen-bond acceptors (Lipinski definition) is 4. The number of phenols is 1. The topological polar surface area (TPSA) is 49.2 Å². The first-order valence-electron chi connectivity index (χ1n) is 6.53. The third-order valence-corrected chi connectivity index (χ3v) is 3.54. The highest BCUT2D eigenvalue weighted by Gasteiger charge is 2.12. The second kappa shape index (κ2) is 5.58. The molecule has 0 fully saturated rings. The van der Waals surface area contributed by atoms with Gasteiger partial charge in [0.25, 0.3) is 0 Å². The van der Waals surface area contributed by atoms with Crippen molar-refractivity contribution in [3.63, 3.8) is 0 Å². The van der Waals surface area contributed by atoms with E-state index >= 15 is 0 Å². The lowest BCUT2D eigenvalue weighted by molar-refractivity contribution is 0.475. The quantitative estimate of drug-likeness (QED) is 0.747. The Morgan fingerprint density at radius 2 is 1.76 bits per heavy atom. The highest BCUT2D eigenvalue weighted by atomic mass is 35.5. The summed E-state index contributed by atoms with van der Waals surface area (Å²) in [5, 5.41) is 10.4. The van der Waals surface area contributed by atoms with Gasteiger partial charge in [-0.15, -0.1) is 11.6 Å². The van der Waals surface area contributed by atoms with Gasteiger partial charge >= 0.3 is 0 Å². The third kappa shape index (κ3) is 2.62. The first kappa shape index (κ1) is 13.6. The fraction of sp³-hybridized carbons (Fsp3) is 0.125. The number of aromatic nitrogens is 2. The summed E-state index contributed by atoms with van der Waals surface area (Å²) in [5.41, 5.74) is 1.79. The van der Waals surface area contributed by atoms with Gasteiger partial charge < -0.3 is 10.0 Å². The molecule has 3 rings (SSSR count). The molecule has 0 saturated heterocycles. The maximum absolute atomic E-state index is 9.40. The van der Waals surface area contributed by atoms with E-state index in [0.29, 0.717) is 5.82 Å². The van der Waals surface area contributed by atoms with E-state index in [1.807, 2.05) is 48.3 Å². The number of halogens is 1. The van der Waals surface area contributed by atoms with Crippen molar-refractivity contribution in [2.45, 2.75) is 5.88 Å². The molecule has 0 saturated carbocycles. The molecule has 0 radical (unpaired) electrons. The van der Waals surface area contributed by atoms with Gasteiger partial charge in [0.2, 0.25) is 0 Å². The van der Waals surface area contributed by atoms with Gasteiger partial charge in [-0.05, 0) is 36.4 Å². The van der Waals surface area contributed by atoms with Crippen LogP contribution in [0, 0.1) is 0 Å². The number of aromatic hydroxyl groups is 1. The van der Waals surface area contributed by atoms with E-state index in [1.54, 1.807) is 12.1 Å². The Bertz CT molecular complexity index is 774. The van der Waals surface area contributed by atoms with Crippen LogP contribution in [0.2, 0.25) is 0 Å². The number of fused-ring (bicyclic) bond motifs is 1. The number of rotatable bonds is 3. The predicted octanol–water partition coefficient (Wildman–Crippen LogP) is 3.84. The summed E-state index contributed by atoms with van der Waals surface area (Å²) in [7, 11) is 1.93. The SMILES string of the molecule is CN(c1ccc(O)cc1)c1nc(CCl)nc2ccccc12. The van der Waals surface area contributed by atoms with Crippen molar-refractivity contribution in [1.29, 1.82) is 0 Å². The highest BCUT2D eigenvalue weighted by Crippen LogP contribution is 2.29. The summed E-state index contributed by atoms with van der Waals surface area (Å²) >= 11 is 5.89. The predicted molar refractivity (Wildman–Crippen MR) is 85.3 cm³/mol. The molecule has 0 spiro atoms. The van der Waals surface area contributed by atoms with Crippen molar-refractivity contribution >= 4 is 34.0 Å².